The summed E-state index contributed by atoms with van der Waals surface area (Å²) in [4.78, 5) is 0. The van der Waals surface area contributed by atoms with Gasteiger partial charge in [-0.1, -0.05) is 6.92 Å². The molecule has 0 aliphatic carbocycles. The molecule has 0 aromatic carbocycles. The van der Waals surface area contributed by atoms with Crippen molar-refractivity contribution in [3.8, 4) is 0 Å². The molecule has 0 bridgehead atoms. The van der Waals surface area contributed by atoms with E-state index in [2.05, 4.69) is 13.8 Å². The maximum atomic E-state index is 5.71. The summed E-state index contributed by atoms with van der Waals surface area (Å²) >= 11 is 0. The third kappa shape index (κ3) is 3.56. The highest BCUT2D eigenvalue weighted by atomic mass is 16.7. The summed E-state index contributed by atoms with van der Waals surface area (Å²) in [6, 6.07) is 0. The number of hydrogen-bond donors (Lipinski definition) is 0. The molecule has 3 nitrogen and oxygen atoms in total. The summed E-state index contributed by atoms with van der Waals surface area (Å²) in [5, 5.41) is 0. The van der Waals surface area contributed by atoms with Crippen molar-refractivity contribution in [2.45, 2.75) is 58.5 Å². The van der Waals surface area contributed by atoms with Crippen LogP contribution in [0.25, 0.3) is 0 Å². The molecule has 0 radical (unpaired) electrons. The van der Waals surface area contributed by atoms with Gasteiger partial charge in [0.05, 0.1) is 6.10 Å². The molecular formula is C11H22O3. The van der Waals surface area contributed by atoms with Crippen molar-refractivity contribution >= 4 is 0 Å². The van der Waals surface area contributed by atoms with Gasteiger partial charge in [0.1, 0.15) is 6.10 Å². The van der Waals surface area contributed by atoms with Gasteiger partial charge in [-0.05, 0) is 33.1 Å². The lowest BCUT2D eigenvalue weighted by Gasteiger charge is -2.34. The van der Waals surface area contributed by atoms with Crippen LogP contribution in [0.15, 0.2) is 0 Å². The number of ether oxygens (including phenoxy) is 3. The standard InChI is InChI=1S/C11H22O3/c1-4-8-13-11-10(12-5-2)7-6-9(3)14-11/h9-11H,4-8H2,1-3H3. The van der Waals surface area contributed by atoms with E-state index in [0.29, 0.717) is 6.10 Å². The van der Waals surface area contributed by atoms with Crippen molar-refractivity contribution in [3.63, 3.8) is 0 Å². The minimum Gasteiger partial charge on any atom is -0.373 e. The Morgan fingerprint density at radius 3 is 2.64 bits per heavy atom. The van der Waals surface area contributed by atoms with Crippen LogP contribution in [-0.4, -0.2) is 31.7 Å². The van der Waals surface area contributed by atoms with E-state index in [1.54, 1.807) is 0 Å². The number of hydrogen-bond acceptors (Lipinski definition) is 3. The molecule has 14 heavy (non-hydrogen) atoms. The molecule has 0 aromatic rings. The first-order chi connectivity index (χ1) is 6.77. The first-order valence-electron chi connectivity index (χ1n) is 5.66. The molecule has 0 saturated carbocycles. The van der Waals surface area contributed by atoms with Crippen LogP contribution in [0.1, 0.15) is 40.0 Å². The first-order valence-corrected chi connectivity index (χ1v) is 5.66. The van der Waals surface area contributed by atoms with Crippen molar-refractivity contribution in [3.05, 3.63) is 0 Å². The lowest BCUT2D eigenvalue weighted by molar-refractivity contribution is -0.246. The fraction of sp³-hybridized carbons (Fsp3) is 1.00. The molecule has 1 saturated heterocycles. The largest absolute Gasteiger partial charge is 0.373 e. The summed E-state index contributed by atoms with van der Waals surface area (Å²) in [7, 11) is 0. The molecule has 1 heterocycles. The van der Waals surface area contributed by atoms with Crippen LogP contribution in [0, 0.1) is 0 Å². The zero-order valence-corrected chi connectivity index (χ0v) is 9.49. The van der Waals surface area contributed by atoms with E-state index in [9.17, 15) is 0 Å². The smallest absolute Gasteiger partial charge is 0.183 e. The molecule has 0 aromatic heterocycles. The predicted molar refractivity (Wildman–Crippen MR) is 55.2 cm³/mol. The topological polar surface area (TPSA) is 27.7 Å². The van der Waals surface area contributed by atoms with E-state index < -0.39 is 0 Å². The lowest BCUT2D eigenvalue weighted by Crippen LogP contribution is -2.41. The van der Waals surface area contributed by atoms with Crippen LogP contribution in [0.4, 0.5) is 0 Å². The highest BCUT2D eigenvalue weighted by Gasteiger charge is 2.30. The molecule has 1 rings (SSSR count). The second-order valence-corrected chi connectivity index (χ2v) is 3.76. The summed E-state index contributed by atoms with van der Waals surface area (Å²) < 4.78 is 16.9. The van der Waals surface area contributed by atoms with E-state index in [1.807, 2.05) is 6.92 Å². The van der Waals surface area contributed by atoms with E-state index in [0.717, 1.165) is 32.5 Å². The van der Waals surface area contributed by atoms with Crippen molar-refractivity contribution in [2.24, 2.45) is 0 Å². The molecule has 0 spiro atoms. The number of rotatable bonds is 5. The van der Waals surface area contributed by atoms with Gasteiger partial charge in [-0.15, -0.1) is 0 Å². The van der Waals surface area contributed by atoms with Gasteiger partial charge in [-0.25, -0.2) is 0 Å². The molecule has 3 unspecified atom stereocenters. The Morgan fingerprint density at radius 1 is 1.21 bits per heavy atom. The van der Waals surface area contributed by atoms with Gasteiger partial charge in [0.2, 0.25) is 0 Å². The third-order valence-electron chi connectivity index (χ3n) is 2.39. The van der Waals surface area contributed by atoms with Crippen molar-refractivity contribution in [1.29, 1.82) is 0 Å². The summed E-state index contributed by atoms with van der Waals surface area (Å²) in [6.07, 6.45) is 3.41. The van der Waals surface area contributed by atoms with E-state index in [1.165, 1.54) is 0 Å². The second kappa shape index (κ2) is 6.38. The average molecular weight is 202 g/mol. The summed E-state index contributed by atoms with van der Waals surface area (Å²) in [5.41, 5.74) is 0. The first kappa shape index (κ1) is 12.0. The fourth-order valence-electron chi connectivity index (χ4n) is 1.68. The zero-order chi connectivity index (χ0) is 10.4. The van der Waals surface area contributed by atoms with Crippen LogP contribution in [0.5, 0.6) is 0 Å². The Bertz CT molecular complexity index is 149. The quantitative estimate of drug-likeness (QED) is 0.685. The molecule has 3 atom stereocenters. The van der Waals surface area contributed by atoms with Crippen LogP contribution in [0.2, 0.25) is 0 Å². The van der Waals surface area contributed by atoms with E-state index in [4.69, 9.17) is 14.2 Å². The minimum absolute atomic E-state index is 0.128. The highest BCUT2D eigenvalue weighted by Crippen LogP contribution is 2.22. The highest BCUT2D eigenvalue weighted by molar-refractivity contribution is 4.72. The van der Waals surface area contributed by atoms with E-state index in [-0.39, 0.29) is 12.4 Å². The Hall–Kier alpha value is -0.120. The van der Waals surface area contributed by atoms with Gasteiger partial charge in [0.15, 0.2) is 6.29 Å². The van der Waals surface area contributed by atoms with Crippen molar-refractivity contribution < 1.29 is 14.2 Å². The Kier molecular flexibility index (Phi) is 5.45. The van der Waals surface area contributed by atoms with E-state index >= 15 is 0 Å². The van der Waals surface area contributed by atoms with Gasteiger partial charge >= 0.3 is 0 Å². The van der Waals surface area contributed by atoms with Gasteiger partial charge in [-0.3, -0.25) is 0 Å². The van der Waals surface area contributed by atoms with Crippen LogP contribution in [0.3, 0.4) is 0 Å². The maximum absolute atomic E-state index is 5.71. The second-order valence-electron chi connectivity index (χ2n) is 3.76. The maximum Gasteiger partial charge on any atom is 0.183 e. The lowest BCUT2D eigenvalue weighted by atomic mass is 10.1. The van der Waals surface area contributed by atoms with Crippen LogP contribution >= 0.6 is 0 Å². The van der Waals surface area contributed by atoms with Crippen molar-refractivity contribution in [1.82, 2.24) is 0 Å². The van der Waals surface area contributed by atoms with Crippen LogP contribution < -0.4 is 0 Å². The molecule has 3 heteroatoms. The average Bonchev–Trinajstić information content (AvgIpc) is 2.18. The molecule has 84 valence electrons. The van der Waals surface area contributed by atoms with Gasteiger partial charge in [0, 0.05) is 13.2 Å². The summed E-state index contributed by atoms with van der Waals surface area (Å²) in [5.74, 6) is 0. The SMILES string of the molecule is CCCOC1OC(C)CCC1OCC. The molecule has 1 fully saturated rings. The molecule has 0 amide bonds. The van der Waals surface area contributed by atoms with Gasteiger partial charge in [-0.2, -0.15) is 0 Å². The monoisotopic (exact) mass is 202 g/mol. The van der Waals surface area contributed by atoms with Gasteiger partial charge in [0.25, 0.3) is 0 Å². The summed E-state index contributed by atoms with van der Waals surface area (Å²) in [6.45, 7) is 7.68. The van der Waals surface area contributed by atoms with Gasteiger partial charge < -0.3 is 14.2 Å². The Labute approximate surface area is 86.7 Å². The third-order valence-corrected chi connectivity index (χ3v) is 2.39. The Morgan fingerprint density at radius 2 is 2.00 bits per heavy atom. The van der Waals surface area contributed by atoms with Crippen molar-refractivity contribution in [2.75, 3.05) is 13.2 Å². The molecule has 1 aliphatic heterocycles. The molecule has 1 aliphatic rings. The normalized spacial score (nSPS) is 33.2. The zero-order valence-electron chi connectivity index (χ0n) is 9.49. The minimum atomic E-state index is -0.154. The molecular weight excluding hydrogens is 180 g/mol. The fourth-order valence-corrected chi connectivity index (χ4v) is 1.68. The molecule has 0 N–H and O–H groups in total. The predicted octanol–water partition coefficient (Wildman–Crippen LogP) is 2.34. The van der Waals surface area contributed by atoms with Crippen LogP contribution in [-0.2, 0) is 14.2 Å². The Balaban J connectivity index is 2.37.